The van der Waals surface area contributed by atoms with Crippen LogP contribution in [0.2, 0.25) is 0 Å². The van der Waals surface area contributed by atoms with Gasteiger partial charge >= 0.3 is 6.18 Å². The molecule has 2 aromatic carbocycles. The van der Waals surface area contributed by atoms with Gasteiger partial charge in [-0.1, -0.05) is 24.6 Å². The molecule has 0 unspecified atom stereocenters. The molecule has 0 fully saturated rings. The highest BCUT2D eigenvalue weighted by Crippen LogP contribution is 2.38. The van der Waals surface area contributed by atoms with Gasteiger partial charge in [0.25, 0.3) is 0 Å². The number of alkyl halides is 3. The van der Waals surface area contributed by atoms with Crippen LogP contribution in [0.15, 0.2) is 47.1 Å². The quantitative estimate of drug-likeness (QED) is 0.269. The van der Waals surface area contributed by atoms with Gasteiger partial charge in [-0.15, -0.1) is 0 Å². The lowest BCUT2D eigenvalue weighted by molar-refractivity contribution is -0.141. The van der Waals surface area contributed by atoms with Crippen molar-refractivity contribution in [1.82, 2.24) is 10.1 Å². The largest absolute Gasteiger partial charge is 0.493 e. The van der Waals surface area contributed by atoms with E-state index < -0.39 is 11.9 Å². The van der Waals surface area contributed by atoms with E-state index in [1.807, 2.05) is 37.4 Å². The lowest BCUT2D eigenvalue weighted by atomic mass is 10.0. The van der Waals surface area contributed by atoms with Crippen molar-refractivity contribution in [2.75, 3.05) is 13.2 Å². The van der Waals surface area contributed by atoms with Crippen molar-refractivity contribution in [2.45, 2.75) is 45.2 Å². The van der Waals surface area contributed by atoms with Crippen molar-refractivity contribution < 1.29 is 27.2 Å². The monoisotopic (exact) mass is 446 g/mol. The van der Waals surface area contributed by atoms with Gasteiger partial charge in [0.15, 0.2) is 11.3 Å². The minimum atomic E-state index is -4.55. The summed E-state index contributed by atoms with van der Waals surface area (Å²) in [6.07, 6.45) is 1.25. The molecular weight excluding hydrogens is 421 g/mol. The number of aromatic amines is 1. The summed E-state index contributed by atoms with van der Waals surface area (Å²) in [5, 5.41) is 4.29. The Labute approximate surface area is 183 Å². The Kier molecular flexibility index (Phi) is 6.58. The van der Waals surface area contributed by atoms with Crippen LogP contribution < -0.4 is 9.47 Å². The molecule has 4 rings (SSSR count). The first-order chi connectivity index (χ1) is 15.5. The van der Waals surface area contributed by atoms with Crippen molar-refractivity contribution in [3.05, 3.63) is 53.9 Å². The highest BCUT2D eigenvalue weighted by atomic mass is 19.4. The van der Waals surface area contributed by atoms with Gasteiger partial charge in [0.2, 0.25) is 0 Å². The molecule has 2 heterocycles. The maximum atomic E-state index is 13.1. The van der Waals surface area contributed by atoms with Crippen LogP contribution in [0.1, 0.15) is 43.9 Å². The molecule has 0 radical (unpaired) electrons. The van der Waals surface area contributed by atoms with Crippen molar-refractivity contribution in [1.29, 1.82) is 0 Å². The number of ether oxygens (including phenoxy) is 2. The topological polar surface area (TPSA) is 60.3 Å². The third kappa shape index (κ3) is 4.69. The molecule has 32 heavy (non-hydrogen) atoms. The lowest BCUT2D eigenvalue weighted by Crippen LogP contribution is -2.06. The lowest BCUT2D eigenvalue weighted by Gasteiger charge is -2.12. The van der Waals surface area contributed by atoms with Gasteiger partial charge in [0.1, 0.15) is 11.5 Å². The smallest absolute Gasteiger partial charge is 0.437 e. The molecule has 1 N–H and O–H groups in total. The molecule has 0 spiro atoms. The zero-order valence-corrected chi connectivity index (χ0v) is 17.8. The standard InChI is InChI=1S/C24H25F3N2O3/c1-2-7-17-21(11-10-18-22(17)32-29-23(18)24(25,26)27)31-15-5-3-4-14-30-20-9-6-8-19-16(20)12-13-28-19/h6,8-13,28H,2-5,7,14-15H2,1H3. The molecule has 2 aromatic heterocycles. The van der Waals surface area contributed by atoms with Crippen LogP contribution in [0.25, 0.3) is 21.9 Å². The molecule has 0 saturated heterocycles. The second kappa shape index (κ2) is 9.54. The van der Waals surface area contributed by atoms with Gasteiger partial charge < -0.3 is 19.0 Å². The van der Waals surface area contributed by atoms with E-state index in [1.54, 1.807) is 6.07 Å². The first-order valence-electron chi connectivity index (χ1n) is 10.8. The van der Waals surface area contributed by atoms with Crippen molar-refractivity contribution in [2.24, 2.45) is 0 Å². The summed E-state index contributed by atoms with van der Waals surface area (Å²) < 4.78 is 56.2. The van der Waals surface area contributed by atoms with Crippen LogP contribution in [0.5, 0.6) is 11.5 Å². The molecular formula is C24H25F3N2O3. The van der Waals surface area contributed by atoms with Crippen LogP contribution >= 0.6 is 0 Å². The fourth-order valence-corrected chi connectivity index (χ4v) is 3.79. The first kappa shape index (κ1) is 22.0. The van der Waals surface area contributed by atoms with Crippen LogP contribution in [0, 0.1) is 0 Å². The van der Waals surface area contributed by atoms with Crippen molar-refractivity contribution in [3.63, 3.8) is 0 Å². The van der Waals surface area contributed by atoms with Gasteiger partial charge in [0.05, 0.1) is 18.6 Å². The number of benzene rings is 2. The number of hydrogen-bond donors (Lipinski definition) is 1. The summed E-state index contributed by atoms with van der Waals surface area (Å²) in [7, 11) is 0. The Morgan fingerprint density at radius 3 is 2.47 bits per heavy atom. The van der Waals surface area contributed by atoms with Crippen LogP contribution in [0.4, 0.5) is 13.2 Å². The average molecular weight is 446 g/mol. The molecule has 8 heteroatoms. The number of halogens is 3. The summed E-state index contributed by atoms with van der Waals surface area (Å²) in [5.41, 5.74) is 0.844. The Morgan fingerprint density at radius 1 is 0.938 bits per heavy atom. The molecule has 170 valence electrons. The third-order valence-corrected chi connectivity index (χ3v) is 5.33. The van der Waals surface area contributed by atoms with E-state index in [-0.39, 0.29) is 11.0 Å². The van der Waals surface area contributed by atoms with Crippen molar-refractivity contribution >= 4 is 21.9 Å². The second-order valence-electron chi connectivity index (χ2n) is 7.65. The van der Waals surface area contributed by atoms with Gasteiger partial charge in [-0.25, -0.2) is 0 Å². The van der Waals surface area contributed by atoms with E-state index in [0.717, 1.165) is 42.3 Å². The van der Waals surface area contributed by atoms with Gasteiger partial charge in [-0.05, 0) is 56.0 Å². The number of aryl methyl sites for hydroxylation is 1. The van der Waals surface area contributed by atoms with Gasteiger partial charge in [0, 0.05) is 22.7 Å². The highest BCUT2D eigenvalue weighted by Gasteiger charge is 2.37. The van der Waals surface area contributed by atoms with Crippen LogP contribution in [-0.2, 0) is 12.6 Å². The first-order valence-corrected chi connectivity index (χ1v) is 10.8. The Balaban J connectivity index is 1.29. The third-order valence-electron chi connectivity index (χ3n) is 5.33. The number of aromatic nitrogens is 2. The molecule has 5 nitrogen and oxygen atoms in total. The average Bonchev–Trinajstić information content (AvgIpc) is 3.41. The molecule has 0 atom stereocenters. The van der Waals surface area contributed by atoms with E-state index >= 15 is 0 Å². The molecule has 0 aliphatic carbocycles. The van der Waals surface area contributed by atoms with E-state index in [0.29, 0.717) is 30.9 Å². The maximum absolute atomic E-state index is 13.1. The minimum absolute atomic E-state index is 0.0251. The SMILES string of the molecule is CCCc1c(OCCCCCOc2cccc3[nH]ccc23)ccc2c(C(F)(F)F)noc12. The van der Waals surface area contributed by atoms with Crippen molar-refractivity contribution in [3.8, 4) is 11.5 Å². The number of rotatable bonds is 10. The Bertz CT molecular complexity index is 1180. The zero-order valence-electron chi connectivity index (χ0n) is 17.8. The van der Waals surface area contributed by atoms with Crippen LogP contribution in [-0.4, -0.2) is 23.4 Å². The van der Waals surface area contributed by atoms with E-state index in [9.17, 15) is 13.2 Å². The number of fused-ring (bicyclic) bond motifs is 2. The normalized spacial score (nSPS) is 12.0. The Hall–Kier alpha value is -3.16. The second-order valence-corrected chi connectivity index (χ2v) is 7.65. The molecule has 0 aliphatic rings. The van der Waals surface area contributed by atoms with E-state index in [4.69, 9.17) is 14.0 Å². The predicted molar refractivity (Wildman–Crippen MR) is 116 cm³/mol. The molecule has 0 bridgehead atoms. The number of nitrogens with one attached hydrogen (secondary N) is 1. The maximum Gasteiger partial charge on any atom is 0.437 e. The van der Waals surface area contributed by atoms with E-state index in [1.165, 1.54) is 6.07 Å². The number of H-pyrrole nitrogens is 1. The number of nitrogens with zero attached hydrogens (tertiary/aromatic N) is 1. The zero-order chi connectivity index (χ0) is 22.6. The Morgan fingerprint density at radius 2 is 1.72 bits per heavy atom. The molecule has 0 saturated carbocycles. The molecule has 0 aliphatic heterocycles. The van der Waals surface area contributed by atoms with Gasteiger partial charge in [-0.3, -0.25) is 0 Å². The highest BCUT2D eigenvalue weighted by molar-refractivity contribution is 5.86. The molecule has 4 aromatic rings. The van der Waals surface area contributed by atoms with Crippen LogP contribution in [0.3, 0.4) is 0 Å². The summed E-state index contributed by atoms with van der Waals surface area (Å²) in [6.45, 7) is 3.03. The minimum Gasteiger partial charge on any atom is -0.493 e. The fourth-order valence-electron chi connectivity index (χ4n) is 3.79. The summed E-state index contributed by atoms with van der Waals surface area (Å²) >= 11 is 0. The summed E-state index contributed by atoms with van der Waals surface area (Å²) in [5.74, 6) is 1.42. The molecule has 0 amide bonds. The fraction of sp³-hybridized carbons (Fsp3) is 0.375. The number of unbranched alkanes of at least 4 members (excludes halogenated alkanes) is 2. The summed E-state index contributed by atoms with van der Waals surface area (Å²) in [4.78, 5) is 3.16. The predicted octanol–water partition coefficient (Wildman–Crippen LogP) is 6.91. The summed E-state index contributed by atoms with van der Waals surface area (Å²) in [6, 6.07) is 10.9. The van der Waals surface area contributed by atoms with Gasteiger partial charge in [-0.2, -0.15) is 13.2 Å². The van der Waals surface area contributed by atoms with E-state index in [2.05, 4.69) is 10.1 Å². The number of hydrogen-bond acceptors (Lipinski definition) is 4.